The Labute approximate surface area is 188 Å². The van der Waals surface area contributed by atoms with Crippen molar-refractivity contribution >= 4 is 17.7 Å². The third-order valence-electron chi connectivity index (χ3n) is 7.59. The second kappa shape index (κ2) is 8.28. The molecule has 0 aliphatic carbocycles. The number of amides is 1. The second-order valence-electron chi connectivity index (χ2n) is 9.22. The highest BCUT2D eigenvalue weighted by Gasteiger charge is 2.48. The van der Waals surface area contributed by atoms with Crippen molar-refractivity contribution in [3.63, 3.8) is 0 Å². The van der Waals surface area contributed by atoms with E-state index in [4.69, 9.17) is 4.74 Å². The van der Waals surface area contributed by atoms with E-state index in [1.54, 1.807) is 6.20 Å². The van der Waals surface area contributed by atoms with E-state index in [9.17, 15) is 9.59 Å². The zero-order chi connectivity index (χ0) is 22.3. The molecular formula is C25H30N4O3. The van der Waals surface area contributed by atoms with Crippen molar-refractivity contribution < 1.29 is 14.3 Å². The van der Waals surface area contributed by atoms with Gasteiger partial charge >= 0.3 is 5.97 Å². The van der Waals surface area contributed by atoms with Gasteiger partial charge in [0.25, 0.3) is 0 Å². The number of hydrogen-bond acceptors (Lipinski definition) is 6. The summed E-state index contributed by atoms with van der Waals surface area (Å²) in [7, 11) is 0. The minimum Gasteiger partial charge on any atom is -0.457 e. The number of rotatable bonds is 5. The highest BCUT2D eigenvalue weighted by atomic mass is 16.5. The number of likely N-dealkylation sites (tertiary alicyclic amines) is 1. The molecule has 3 aliphatic heterocycles. The lowest BCUT2D eigenvalue weighted by atomic mass is 9.77. The SMILES string of the molecule is CCc1nccc(N2CCC3(CCN(CCc4ccc5c(c4C)COC5=O)CC3)C2=O)n1. The van der Waals surface area contributed by atoms with Gasteiger partial charge in [-0.3, -0.25) is 9.69 Å². The summed E-state index contributed by atoms with van der Waals surface area (Å²) in [5.74, 6) is 1.55. The van der Waals surface area contributed by atoms with Gasteiger partial charge in [0.15, 0.2) is 0 Å². The number of esters is 1. The molecule has 7 heteroatoms. The van der Waals surface area contributed by atoms with E-state index in [1.165, 1.54) is 11.1 Å². The molecule has 1 aromatic heterocycles. The maximum absolute atomic E-state index is 13.4. The van der Waals surface area contributed by atoms with Gasteiger partial charge in [-0.25, -0.2) is 14.8 Å². The molecule has 0 radical (unpaired) electrons. The van der Waals surface area contributed by atoms with Crippen molar-refractivity contribution in [1.82, 2.24) is 14.9 Å². The van der Waals surface area contributed by atoms with E-state index >= 15 is 0 Å². The van der Waals surface area contributed by atoms with Gasteiger partial charge in [0.2, 0.25) is 5.91 Å². The van der Waals surface area contributed by atoms with Crippen LogP contribution >= 0.6 is 0 Å². The lowest BCUT2D eigenvalue weighted by Crippen LogP contribution is -2.45. The molecule has 0 bridgehead atoms. The van der Waals surface area contributed by atoms with Crippen LogP contribution in [0.3, 0.4) is 0 Å². The number of benzene rings is 1. The van der Waals surface area contributed by atoms with Gasteiger partial charge in [-0.2, -0.15) is 0 Å². The number of carbonyl (C=O) groups excluding carboxylic acids is 2. The van der Waals surface area contributed by atoms with E-state index in [0.717, 1.165) is 75.5 Å². The Hall–Kier alpha value is -2.80. The van der Waals surface area contributed by atoms with Crippen LogP contribution in [0.5, 0.6) is 0 Å². The first-order valence-electron chi connectivity index (χ1n) is 11.7. The Morgan fingerprint density at radius 1 is 1.09 bits per heavy atom. The molecule has 1 aromatic carbocycles. The fourth-order valence-corrected chi connectivity index (χ4v) is 5.36. The van der Waals surface area contributed by atoms with Crippen LogP contribution in [0.15, 0.2) is 24.4 Å². The first kappa shape index (κ1) is 21.1. The van der Waals surface area contributed by atoms with Crippen molar-refractivity contribution in [2.75, 3.05) is 31.1 Å². The smallest absolute Gasteiger partial charge is 0.338 e. The fraction of sp³-hybridized carbons (Fsp3) is 0.520. The van der Waals surface area contributed by atoms with Crippen molar-refractivity contribution in [3.05, 3.63) is 52.5 Å². The zero-order valence-electron chi connectivity index (χ0n) is 18.9. The van der Waals surface area contributed by atoms with E-state index in [2.05, 4.69) is 27.9 Å². The van der Waals surface area contributed by atoms with E-state index in [1.807, 2.05) is 24.0 Å². The molecule has 0 N–H and O–H groups in total. The zero-order valence-corrected chi connectivity index (χ0v) is 18.9. The number of fused-ring (bicyclic) bond motifs is 1. The standard InChI is InChI=1S/C25H30N4O3/c1-3-21-26-11-6-22(27-21)29-15-10-25(24(29)31)8-13-28(14-9-25)12-7-18-4-5-19-20(17(18)2)16-32-23(19)30/h4-6,11H,3,7-10,12-16H2,1-2H3. The average Bonchev–Trinajstić information content (AvgIpc) is 3.35. The Balaban J connectivity index is 1.19. The first-order valence-corrected chi connectivity index (χ1v) is 11.7. The maximum atomic E-state index is 13.4. The number of hydrogen-bond donors (Lipinski definition) is 0. The summed E-state index contributed by atoms with van der Waals surface area (Å²) >= 11 is 0. The Morgan fingerprint density at radius 2 is 1.88 bits per heavy atom. The predicted octanol–water partition coefficient (Wildman–Crippen LogP) is 3.08. The van der Waals surface area contributed by atoms with Crippen molar-refractivity contribution in [3.8, 4) is 0 Å². The number of cyclic esters (lactones) is 1. The number of carbonyl (C=O) groups is 2. The second-order valence-corrected chi connectivity index (χ2v) is 9.22. The summed E-state index contributed by atoms with van der Waals surface area (Å²) in [5.41, 5.74) is 3.97. The van der Waals surface area contributed by atoms with Gasteiger partial charge in [0.1, 0.15) is 18.2 Å². The number of ether oxygens (including phenoxy) is 1. The highest BCUT2D eigenvalue weighted by Crippen LogP contribution is 2.42. The maximum Gasteiger partial charge on any atom is 0.338 e. The minimum absolute atomic E-state index is 0.209. The largest absolute Gasteiger partial charge is 0.457 e. The Kier molecular flexibility index (Phi) is 5.45. The summed E-state index contributed by atoms with van der Waals surface area (Å²) in [4.78, 5) is 38.3. The number of anilines is 1. The fourth-order valence-electron chi connectivity index (χ4n) is 5.36. The predicted molar refractivity (Wildman–Crippen MR) is 120 cm³/mol. The summed E-state index contributed by atoms with van der Waals surface area (Å²) in [5, 5.41) is 0. The molecule has 7 nitrogen and oxygen atoms in total. The quantitative estimate of drug-likeness (QED) is 0.674. The topological polar surface area (TPSA) is 75.6 Å². The lowest BCUT2D eigenvalue weighted by Gasteiger charge is -2.38. The van der Waals surface area contributed by atoms with E-state index < -0.39 is 0 Å². The number of piperidine rings is 1. The van der Waals surface area contributed by atoms with Crippen LogP contribution in [-0.4, -0.2) is 52.9 Å². The number of aromatic nitrogens is 2. The van der Waals surface area contributed by atoms with Crippen LogP contribution in [0.25, 0.3) is 0 Å². The summed E-state index contributed by atoms with van der Waals surface area (Å²) < 4.78 is 5.18. The molecule has 0 unspecified atom stereocenters. The molecule has 5 rings (SSSR count). The Morgan fingerprint density at radius 3 is 2.66 bits per heavy atom. The van der Waals surface area contributed by atoms with Gasteiger partial charge < -0.3 is 9.64 Å². The van der Waals surface area contributed by atoms with Gasteiger partial charge in [0, 0.05) is 31.3 Å². The van der Waals surface area contributed by atoms with Crippen LogP contribution in [0.1, 0.15) is 59.1 Å². The van der Waals surface area contributed by atoms with E-state index in [0.29, 0.717) is 12.2 Å². The molecule has 1 spiro atoms. The summed E-state index contributed by atoms with van der Waals surface area (Å²) in [6.45, 7) is 8.10. The van der Waals surface area contributed by atoms with Crippen LogP contribution < -0.4 is 4.90 Å². The normalized spacial score (nSPS) is 20.1. The number of nitrogens with zero attached hydrogens (tertiary/aromatic N) is 4. The Bertz CT molecular complexity index is 1060. The third-order valence-corrected chi connectivity index (χ3v) is 7.59. The summed E-state index contributed by atoms with van der Waals surface area (Å²) in [6.07, 6.45) is 6.18. The lowest BCUT2D eigenvalue weighted by molar-refractivity contribution is -0.128. The monoisotopic (exact) mass is 434 g/mol. The first-order chi connectivity index (χ1) is 15.5. The van der Waals surface area contributed by atoms with Crippen molar-refractivity contribution in [1.29, 1.82) is 0 Å². The highest BCUT2D eigenvalue weighted by molar-refractivity contribution is 5.99. The van der Waals surface area contributed by atoms with Crippen LogP contribution in [0.2, 0.25) is 0 Å². The average molecular weight is 435 g/mol. The molecule has 2 saturated heterocycles. The summed E-state index contributed by atoms with van der Waals surface area (Å²) in [6, 6.07) is 5.82. The van der Waals surface area contributed by atoms with E-state index in [-0.39, 0.29) is 17.3 Å². The van der Waals surface area contributed by atoms with Gasteiger partial charge in [-0.05, 0) is 69.0 Å². The van der Waals surface area contributed by atoms with Gasteiger partial charge in [0.05, 0.1) is 11.0 Å². The van der Waals surface area contributed by atoms with Crippen LogP contribution in [-0.2, 0) is 29.0 Å². The molecule has 168 valence electrons. The van der Waals surface area contributed by atoms with Crippen LogP contribution in [0, 0.1) is 12.3 Å². The number of aryl methyl sites for hydroxylation is 1. The molecule has 4 heterocycles. The van der Waals surface area contributed by atoms with Crippen molar-refractivity contribution in [2.24, 2.45) is 5.41 Å². The van der Waals surface area contributed by atoms with Crippen LogP contribution in [0.4, 0.5) is 5.82 Å². The van der Waals surface area contributed by atoms with Gasteiger partial charge in [-0.1, -0.05) is 13.0 Å². The molecule has 0 atom stereocenters. The molecule has 2 fully saturated rings. The molecule has 0 saturated carbocycles. The molecule has 1 amide bonds. The molecular weight excluding hydrogens is 404 g/mol. The third kappa shape index (κ3) is 3.58. The molecule has 2 aromatic rings. The van der Waals surface area contributed by atoms with Crippen molar-refractivity contribution in [2.45, 2.75) is 52.6 Å². The van der Waals surface area contributed by atoms with Gasteiger partial charge in [-0.15, -0.1) is 0 Å². The molecule has 32 heavy (non-hydrogen) atoms. The molecule has 3 aliphatic rings. The minimum atomic E-state index is -0.241.